The monoisotopic (exact) mass is 287 g/mol. The number of carbonyl (C=O) groups excluding carboxylic acids is 2. The van der Waals surface area contributed by atoms with Gasteiger partial charge in [0.05, 0.1) is 23.9 Å². The van der Waals surface area contributed by atoms with E-state index in [2.05, 4.69) is 0 Å². The molecule has 20 heavy (non-hydrogen) atoms. The van der Waals surface area contributed by atoms with Crippen molar-refractivity contribution >= 4 is 28.8 Å². The quantitative estimate of drug-likeness (QED) is 0.797. The van der Waals surface area contributed by atoms with Crippen LogP contribution in [0.1, 0.15) is 30.5 Å². The van der Waals surface area contributed by atoms with Crippen molar-refractivity contribution in [1.29, 1.82) is 0 Å². The lowest BCUT2D eigenvalue weighted by atomic mass is 10.1. The van der Waals surface area contributed by atoms with Crippen molar-refractivity contribution < 1.29 is 14.3 Å². The van der Waals surface area contributed by atoms with Crippen molar-refractivity contribution in [2.75, 3.05) is 12.0 Å². The first kappa shape index (κ1) is 12.9. The zero-order valence-electron chi connectivity index (χ0n) is 11.4. The molecule has 0 atom stereocenters. The maximum absolute atomic E-state index is 12.5. The van der Waals surface area contributed by atoms with Gasteiger partial charge in [0.2, 0.25) is 0 Å². The molecule has 2 aromatic rings. The summed E-state index contributed by atoms with van der Waals surface area (Å²) in [5.41, 5.74) is 1.62. The van der Waals surface area contributed by atoms with Crippen molar-refractivity contribution in [3.8, 4) is 5.75 Å². The summed E-state index contributed by atoms with van der Waals surface area (Å²) in [4.78, 5) is 28.0. The molecule has 0 aliphatic carbocycles. The van der Waals surface area contributed by atoms with Crippen LogP contribution in [0.25, 0.3) is 0 Å². The number of hydrogen-bond donors (Lipinski definition) is 0. The Morgan fingerprint density at radius 1 is 1.05 bits per heavy atom. The van der Waals surface area contributed by atoms with Crippen molar-refractivity contribution in [2.24, 2.45) is 0 Å². The summed E-state index contributed by atoms with van der Waals surface area (Å²) < 4.78 is 5.14. The van der Waals surface area contributed by atoms with Gasteiger partial charge in [0.15, 0.2) is 0 Å². The molecule has 1 aliphatic rings. The van der Waals surface area contributed by atoms with Crippen molar-refractivity contribution in [2.45, 2.75) is 13.8 Å². The Morgan fingerprint density at radius 3 is 2.20 bits per heavy atom. The van der Waals surface area contributed by atoms with Crippen LogP contribution in [-0.2, 0) is 0 Å². The molecule has 0 fully saturated rings. The summed E-state index contributed by atoms with van der Waals surface area (Å²) >= 11 is 1.49. The summed E-state index contributed by atoms with van der Waals surface area (Å²) in [6.45, 7) is 3.74. The predicted octanol–water partition coefficient (Wildman–Crippen LogP) is 3.17. The third-order valence-corrected chi connectivity index (χ3v) is 4.43. The van der Waals surface area contributed by atoms with E-state index in [4.69, 9.17) is 4.74 Å². The molecule has 0 unspecified atom stereocenters. The smallest absolute Gasteiger partial charge is 0.267 e. The van der Waals surface area contributed by atoms with Gasteiger partial charge in [-0.25, -0.2) is 4.90 Å². The van der Waals surface area contributed by atoms with Crippen molar-refractivity contribution in [1.82, 2.24) is 0 Å². The maximum Gasteiger partial charge on any atom is 0.267 e. The van der Waals surface area contributed by atoms with E-state index in [1.807, 2.05) is 13.8 Å². The van der Waals surface area contributed by atoms with Crippen molar-refractivity contribution in [3.05, 3.63) is 45.1 Å². The van der Waals surface area contributed by atoms with Gasteiger partial charge in [-0.1, -0.05) is 6.07 Å². The second-order valence-electron chi connectivity index (χ2n) is 4.61. The Labute approximate surface area is 120 Å². The zero-order valence-corrected chi connectivity index (χ0v) is 12.2. The van der Waals surface area contributed by atoms with Crippen LogP contribution in [0, 0.1) is 13.8 Å². The average Bonchev–Trinajstić information content (AvgIpc) is 2.87. The van der Waals surface area contributed by atoms with E-state index in [-0.39, 0.29) is 11.8 Å². The Balaban J connectivity index is 2.12. The molecule has 1 aromatic carbocycles. The highest BCUT2D eigenvalue weighted by atomic mass is 32.1. The van der Waals surface area contributed by atoms with Crippen molar-refractivity contribution in [3.63, 3.8) is 0 Å². The number of fused-ring (bicyclic) bond motifs is 1. The molecule has 4 nitrogen and oxygen atoms in total. The largest absolute Gasteiger partial charge is 0.497 e. The number of thiophene rings is 1. The molecular formula is C15H13NO3S. The molecule has 2 amide bonds. The SMILES string of the molecule is COc1cccc(N2C(=O)c3c(C)sc(C)c3C2=O)c1. The van der Waals surface area contributed by atoms with Crippen LogP contribution in [0.5, 0.6) is 5.75 Å². The van der Waals surface area contributed by atoms with Crippen LogP contribution in [0.4, 0.5) is 5.69 Å². The molecule has 1 aliphatic heterocycles. The van der Waals surface area contributed by atoms with Crippen LogP contribution < -0.4 is 9.64 Å². The van der Waals surface area contributed by atoms with Gasteiger partial charge in [0.1, 0.15) is 5.75 Å². The molecule has 0 N–H and O–H groups in total. The molecule has 0 spiro atoms. The Kier molecular flexibility index (Phi) is 2.87. The van der Waals surface area contributed by atoms with Gasteiger partial charge in [-0.05, 0) is 26.0 Å². The normalized spacial score (nSPS) is 13.8. The second kappa shape index (κ2) is 4.45. The van der Waals surface area contributed by atoms with E-state index in [1.54, 1.807) is 31.4 Å². The number of imide groups is 1. The highest BCUT2D eigenvalue weighted by Gasteiger charge is 2.40. The van der Waals surface area contributed by atoms with E-state index >= 15 is 0 Å². The first-order valence-corrected chi connectivity index (χ1v) is 6.99. The molecular weight excluding hydrogens is 274 g/mol. The third kappa shape index (κ3) is 1.67. The standard InChI is InChI=1S/C15H13NO3S/c1-8-12-13(9(2)20-8)15(18)16(14(12)17)10-5-4-6-11(7-10)19-3/h4-7H,1-3H3. The minimum atomic E-state index is -0.250. The summed E-state index contributed by atoms with van der Waals surface area (Å²) in [6, 6.07) is 6.97. The summed E-state index contributed by atoms with van der Waals surface area (Å²) in [5, 5.41) is 0. The average molecular weight is 287 g/mol. The number of aryl methyl sites for hydroxylation is 2. The first-order valence-electron chi connectivity index (χ1n) is 6.17. The Hall–Kier alpha value is -2.14. The molecule has 0 saturated carbocycles. The van der Waals surface area contributed by atoms with Gasteiger partial charge in [0, 0.05) is 15.8 Å². The van der Waals surface area contributed by atoms with E-state index in [9.17, 15) is 9.59 Å². The van der Waals surface area contributed by atoms with Crippen LogP contribution in [0.3, 0.4) is 0 Å². The number of ether oxygens (including phenoxy) is 1. The number of hydrogen-bond acceptors (Lipinski definition) is 4. The lowest BCUT2D eigenvalue weighted by Crippen LogP contribution is -2.29. The molecule has 102 valence electrons. The molecule has 0 bridgehead atoms. The third-order valence-electron chi connectivity index (χ3n) is 3.41. The van der Waals surface area contributed by atoms with E-state index < -0.39 is 0 Å². The number of amides is 2. The highest BCUT2D eigenvalue weighted by Crippen LogP contribution is 2.37. The molecule has 1 aromatic heterocycles. The topological polar surface area (TPSA) is 46.6 Å². The summed E-state index contributed by atoms with van der Waals surface area (Å²) in [7, 11) is 1.55. The lowest BCUT2D eigenvalue weighted by Gasteiger charge is -2.15. The molecule has 5 heteroatoms. The van der Waals surface area contributed by atoms with E-state index in [0.717, 1.165) is 9.75 Å². The summed E-state index contributed by atoms with van der Waals surface area (Å²) in [5.74, 6) is 0.117. The molecule has 0 radical (unpaired) electrons. The van der Waals surface area contributed by atoms with Gasteiger partial charge in [0.25, 0.3) is 11.8 Å². The minimum absolute atomic E-state index is 0.250. The fourth-order valence-corrected chi connectivity index (χ4v) is 3.54. The minimum Gasteiger partial charge on any atom is -0.497 e. The fraction of sp³-hybridized carbons (Fsp3) is 0.200. The number of rotatable bonds is 2. The fourth-order valence-electron chi connectivity index (χ4n) is 2.50. The van der Waals surface area contributed by atoms with Crippen LogP contribution in [0.15, 0.2) is 24.3 Å². The molecule has 0 saturated heterocycles. The second-order valence-corrected chi connectivity index (χ2v) is 6.04. The number of nitrogens with zero attached hydrogens (tertiary/aromatic N) is 1. The number of benzene rings is 1. The van der Waals surface area contributed by atoms with Crippen LogP contribution in [0.2, 0.25) is 0 Å². The molecule has 2 heterocycles. The van der Waals surface area contributed by atoms with Gasteiger partial charge >= 0.3 is 0 Å². The van der Waals surface area contributed by atoms with Crippen LogP contribution >= 0.6 is 11.3 Å². The highest BCUT2D eigenvalue weighted by molar-refractivity contribution is 7.12. The Morgan fingerprint density at radius 2 is 1.65 bits per heavy atom. The number of carbonyl (C=O) groups is 2. The van der Waals surface area contributed by atoms with Crippen LogP contribution in [-0.4, -0.2) is 18.9 Å². The van der Waals surface area contributed by atoms with Gasteiger partial charge in [-0.15, -0.1) is 11.3 Å². The zero-order chi connectivity index (χ0) is 14.4. The maximum atomic E-state index is 12.5. The van der Waals surface area contributed by atoms with E-state index in [0.29, 0.717) is 22.6 Å². The number of anilines is 1. The first-order chi connectivity index (χ1) is 9.54. The Bertz CT molecular complexity index is 696. The predicted molar refractivity (Wildman–Crippen MR) is 77.9 cm³/mol. The molecule has 3 rings (SSSR count). The van der Waals surface area contributed by atoms with Gasteiger partial charge < -0.3 is 4.74 Å². The van der Waals surface area contributed by atoms with Gasteiger partial charge in [-0.2, -0.15) is 0 Å². The van der Waals surface area contributed by atoms with E-state index in [1.165, 1.54) is 16.2 Å². The number of methoxy groups -OCH3 is 1. The lowest BCUT2D eigenvalue weighted by molar-refractivity contribution is 0.0926. The van der Waals surface area contributed by atoms with Gasteiger partial charge in [-0.3, -0.25) is 9.59 Å². The summed E-state index contributed by atoms with van der Waals surface area (Å²) in [6.07, 6.45) is 0.